The zero-order valence-corrected chi connectivity index (χ0v) is 17.2. The van der Waals surface area contributed by atoms with Crippen LogP contribution in [-0.2, 0) is 20.4 Å². The van der Waals surface area contributed by atoms with Gasteiger partial charge in [0.05, 0.1) is 0 Å². The van der Waals surface area contributed by atoms with E-state index < -0.39 is 0 Å². The Morgan fingerprint density at radius 1 is 0.571 bits per heavy atom. The van der Waals surface area contributed by atoms with Crippen LogP contribution in [0.15, 0.2) is 103 Å². The third-order valence-electron chi connectivity index (χ3n) is 4.59. The summed E-state index contributed by atoms with van der Waals surface area (Å²) >= 11 is 0. The number of hydrogen-bond donors (Lipinski definition) is 0. The van der Waals surface area contributed by atoms with E-state index >= 15 is 0 Å². The maximum absolute atomic E-state index is 3.48. The van der Waals surface area contributed by atoms with E-state index in [1.807, 2.05) is 12.1 Å². The van der Waals surface area contributed by atoms with Gasteiger partial charge >= 0.3 is 20.4 Å². The summed E-state index contributed by atoms with van der Waals surface area (Å²) in [6, 6.07) is 42.5. The van der Waals surface area contributed by atoms with Crippen molar-refractivity contribution in [2.24, 2.45) is 0 Å². The Morgan fingerprint density at radius 3 is 1.57 bits per heavy atom. The summed E-state index contributed by atoms with van der Waals surface area (Å²) in [6.07, 6.45) is 0. The fourth-order valence-electron chi connectivity index (χ4n) is 3.29. The van der Waals surface area contributed by atoms with Crippen molar-refractivity contribution in [2.45, 2.75) is 6.92 Å². The summed E-state index contributed by atoms with van der Waals surface area (Å²) < 4.78 is 0. The maximum atomic E-state index is 3.48. The SMILES string of the molecule is Cc1c[c-]c(/C(=C(\c2[c-]cccc2)c2ccccc2)c2ccccc2)cc1.[Pd+2]. The minimum Gasteiger partial charge on any atom is -0.151 e. The van der Waals surface area contributed by atoms with Crippen molar-refractivity contribution in [2.75, 3.05) is 0 Å². The predicted octanol–water partition coefficient (Wildman–Crippen LogP) is 6.60. The Bertz CT molecular complexity index is 990. The van der Waals surface area contributed by atoms with Gasteiger partial charge in [0.1, 0.15) is 0 Å². The molecule has 0 saturated heterocycles. The van der Waals surface area contributed by atoms with Gasteiger partial charge in [-0.1, -0.05) is 78.7 Å². The van der Waals surface area contributed by atoms with Crippen LogP contribution < -0.4 is 0 Å². The first-order chi connectivity index (χ1) is 13.3. The molecule has 0 nitrogen and oxygen atoms in total. The average Bonchev–Trinajstić information content (AvgIpc) is 2.75. The van der Waals surface area contributed by atoms with Crippen molar-refractivity contribution < 1.29 is 20.4 Å². The van der Waals surface area contributed by atoms with Crippen LogP contribution in [0.2, 0.25) is 0 Å². The molecule has 0 aliphatic heterocycles. The van der Waals surface area contributed by atoms with E-state index in [9.17, 15) is 0 Å². The molecule has 4 aromatic rings. The number of aryl methyl sites for hydroxylation is 1. The van der Waals surface area contributed by atoms with Crippen molar-refractivity contribution in [1.29, 1.82) is 0 Å². The molecule has 0 saturated carbocycles. The molecule has 0 radical (unpaired) electrons. The van der Waals surface area contributed by atoms with Gasteiger partial charge in [-0.15, -0.1) is 71.3 Å². The van der Waals surface area contributed by atoms with E-state index in [4.69, 9.17) is 0 Å². The average molecular weight is 451 g/mol. The van der Waals surface area contributed by atoms with Crippen LogP contribution in [0.25, 0.3) is 11.1 Å². The van der Waals surface area contributed by atoms with Gasteiger partial charge in [0.25, 0.3) is 0 Å². The zero-order valence-electron chi connectivity index (χ0n) is 15.6. The smallest absolute Gasteiger partial charge is 0.151 e. The molecule has 0 heterocycles. The fraction of sp³-hybridized carbons (Fsp3) is 0.0370. The number of rotatable bonds is 4. The van der Waals surface area contributed by atoms with E-state index in [1.54, 1.807) is 0 Å². The van der Waals surface area contributed by atoms with Gasteiger partial charge in [-0.3, -0.25) is 0 Å². The van der Waals surface area contributed by atoms with Crippen LogP contribution in [0.4, 0.5) is 0 Å². The van der Waals surface area contributed by atoms with Crippen LogP contribution in [0.3, 0.4) is 0 Å². The first kappa shape index (κ1) is 20.0. The maximum Gasteiger partial charge on any atom is 2.00 e. The molecule has 0 spiro atoms. The van der Waals surface area contributed by atoms with Crippen molar-refractivity contribution in [3.05, 3.63) is 143 Å². The van der Waals surface area contributed by atoms with Gasteiger partial charge < -0.3 is 0 Å². The standard InChI is InChI=1S/C27H20.Pd/c1-21-17-19-25(20-18-21)27(24-15-9-4-10-16-24)26(22-11-5-2-6-12-22)23-13-7-3-8-14-23;/h2-13,15-19H,1H3;/q-2;+2/b27-26-;. The molecule has 0 atom stereocenters. The van der Waals surface area contributed by atoms with E-state index in [-0.39, 0.29) is 20.4 Å². The quantitative estimate of drug-likeness (QED) is 0.187. The van der Waals surface area contributed by atoms with E-state index in [2.05, 4.69) is 110 Å². The normalized spacial score (nSPS) is 11.3. The first-order valence-electron chi connectivity index (χ1n) is 9.14. The summed E-state index contributed by atoms with van der Waals surface area (Å²) in [7, 11) is 0. The largest absolute Gasteiger partial charge is 2.00 e. The van der Waals surface area contributed by atoms with E-state index in [0.29, 0.717) is 0 Å². The van der Waals surface area contributed by atoms with Crippen LogP contribution in [0.5, 0.6) is 0 Å². The predicted molar refractivity (Wildman–Crippen MR) is 113 cm³/mol. The van der Waals surface area contributed by atoms with Crippen molar-refractivity contribution in [1.82, 2.24) is 0 Å². The van der Waals surface area contributed by atoms with Crippen molar-refractivity contribution in [3.8, 4) is 0 Å². The van der Waals surface area contributed by atoms with Gasteiger partial charge in [0, 0.05) is 0 Å². The molecule has 28 heavy (non-hydrogen) atoms. The second kappa shape index (κ2) is 9.47. The van der Waals surface area contributed by atoms with Gasteiger partial charge in [0.2, 0.25) is 0 Å². The van der Waals surface area contributed by atoms with Crippen molar-refractivity contribution >= 4 is 11.1 Å². The van der Waals surface area contributed by atoms with Gasteiger partial charge in [0.15, 0.2) is 0 Å². The second-order valence-corrected chi connectivity index (χ2v) is 6.54. The molecule has 0 fully saturated rings. The van der Waals surface area contributed by atoms with E-state index in [1.165, 1.54) is 27.8 Å². The Labute approximate surface area is 181 Å². The number of hydrogen-bond acceptors (Lipinski definition) is 0. The third kappa shape index (κ3) is 4.40. The zero-order chi connectivity index (χ0) is 18.5. The summed E-state index contributed by atoms with van der Waals surface area (Å²) in [5, 5.41) is 0. The summed E-state index contributed by atoms with van der Waals surface area (Å²) in [6.45, 7) is 2.09. The summed E-state index contributed by atoms with van der Waals surface area (Å²) in [4.78, 5) is 0. The van der Waals surface area contributed by atoms with Crippen LogP contribution in [0.1, 0.15) is 27.8 Å². The van der Waals surface area contributed by atoms with Gasteiger partial charge in [-0.05, 0) is 0 Å². The Hall–Kier alpha value is -2.72. The molecule has 0 aliphatic carbocycles. The first-order valence-corrected chi connectivity index (χ1v) is 9.14. The minimum atomic E-state index is 0. The Morgan fingerprint density at radius 2 is 1.11 bits per heavy atom. The molecule has 0 aromatic heterocycles. The topological polar surface area (TPSA) is 0 Å². The second-order valence-electron chi connectivity index (χ2n) is 6.54. The van der Waals surface area contributed by atoms with Gasteiger partial charge in [-0.25, -0.2) is 0 Å². The third-order valence-corrected chi connectivity index (χ3v) is 4.59. The molecule has 1 heteroatoms. The number of benzene rings is 4. The summed E-state index contributed by atoms with van der Waals surface area (Å²) in [5.41, 5.74) is 8.06. The molecule has 4 rings (SSSR count). The summed E-state index contributed by atoms with van der Waals surface area (Å²) in [5.74, 6) is 0. The molecule has 0 aliphatic rings. The minimum absolute atomic E-state index is 0. The molecule has 4 aromatic carbocycles. The molecule has 0 unspecified atom stereocenters. The van der Waals surface area contributed by atoms with E-state index in [0.717, 1.165) is 11.1 Å². The molecular weight excluding hydrogens is 431 g/mol. The van der Waals surface area contributed by atoms with Crippen LogP contribution in [-0.4, -0.2) is 0 Å². The monoisotopic (exact) mass is 450 g/mol. The Balaban J connectivity index is 0.00000225. The van der Waals surface area contributed by atoms with Crippen LogP contribution in [0, 0.1) is 19.1 Å². The fourth-order valence-corrected chi connectivity index (χ4v) is 3.29. The van der Waals surface area contributed by atoms with Crippen LogP contribution >= 0.6 is 0 Å². The molecule has 0 bridgehead atoms. The molecule has 138 valence electrons. The molecule has 0 N–H and O–H groups in total. The van der Waals surface area contributed by atoms with Gasteiger partial charge in [-0.2, -0.15) is 11.1 Å². The molecular formula is C27H20Pd. The molecule has 0 amide bonds. The van der Waals surface area contributed by atoms with Crippen molar-refractivity contribution in [3.63, 3.8) is 0 Å². The Kier molecular flexibility index (Phi) is 6.77.